The molecule has 1 aliphatic rings. The monoisotopic (exact) mass is 444 g/mol. The summed E-state index contributed by atoms with van der Waals surface area (Å²) >= 11 is 0. The topological polar surface area (TPSA) is 82.5 Å². The average Bonchev–Trinajstić information content (AvgIpc) is 2.79. The maximum atomic E-state index is 12.4. The lowest BCUT2D eigenvalue weighted by atomic mass is 10.1. The van der Waals surface area contributed by atoms with Crippen molar-refractivity contribution >= 4 is 27.3 Å². The molecule has 1 amide bonds. The number of benzene rings is 2. The van der Waals surface area contributed by atoms with Crippen molar-refractivity contribution in [2.75, 3.05) is 51.8 Å². The molecule has 8 nitrogen and oxygen atoms in total. The molecule has 0 spiro atoms. The first-order chi connectivity index (χ1) is 14.8. The Morgan fingerprint density at radius 2 is 1.61 bits per heavy atom. The SMILES string of the molecule is C/C(=N\OCC(=O)N1CCN(c2ccccc2)CC1)c1ccc(S(=O)(=O)N(C)C)cc1. The lowest BCUT2D eigenvalue weighted by Gasteiger charge is -2.35. The summed E-state index contributed by atoms with van der Waals surface area (Å²) in [5.41, 5.74) is 2.45. The molecule has 2 aromatic rings. The van der Waals surface area contributed by atoms with Crippen LogP contribution in [0.1, 0.15) is 12.5 Å². The van der Waals surface area contributed by atoms with Crippen LogP contribution < -0.4 is 4.90 Å². The van der Waals surface area contributed by atoms with Crippen LogP contribution >= 0.6 is 0 Å². The molecule has 2 aromatic carbocycles. The van der Waals surface area contributed by atoms with Gasteiger partial charge in [-0.25, -0.2) is 12.7 Å². The number of carbonyl (C=O) groups excluding carboxylic acids is 1. The largest absolute Gasteiger partial charge is 0.385 e. The number of nitrogens with zero attached hydrogens (tertiary/aromatic N) is 4. The average molecular weight is 445 g/mol. The lowest BCUT2D eigenvalue weighted by molar-refractivity contribution is -0.136. The second-order valence-electron chi connectivity index (χ2n) is 7.47. The molecule has 31 heavy (non-hydrogen) atoms. The minimum absolute atomic E-state index is 0.100. The van der Waals surface area contributed by atoms with E-state index in [1.54, 1.807) is 24.0 Å². The van der Waals surface area contributed by atoms with Gasteiger partial charge in [0.1, 0.15) is 0 Å². The van der Waals surface area contributed by atoms with Crippen LogP contribution in [-0.4, -0.2) is 76.1 Å². The Hall–Kier alpha value is -2.91. The van der Waals surface area contributed by atoms with Gasteiger partial charge in [0.2, 0.25) is 10.0 Å². The van der Waals surface area contributed by atoms with Gasteiger partial charge in [-0.2, -0.15) is 0 Å². The second-order valence-corrected chi connectivity index (χ2v) is 9.62. The molecule has 1 aliphatic heterocycles. The number of amides is 1. The summed E-state index contributed by atoms with van der Waals surface area (Å²) in [6, 6.07) is 16.5. The number of hydrogen-bond acceptors (Lipinski definition) is 6. The fraction of sp³-hybridized carbons (Fsp3) is 0.364. The number of hydrogen-bond donors (Lipinski definition) is 0. The highest BCUT2D eigenvalue weighted by molar-refractivity contribution is 7.89. The van der Waals surface area contributed by atoms with Crippen molar-refractivity contribution in [1.82, 2.24) is 9.21 Å². The first kappa shape index (κ1) is 22.8. The summed E-state index contributed by atoms with van der Waals surface area (Å²) in [6.07, 6.45) is 0. The van der Waals surface area contributed by atoms with Crippen LogP contribution in [-0.2, 0) is 19.7 Å². The molecule has 3 rings (SSSR count). The third-order valence-electron chi connectivity index (χ3n) is 5.19. The summed E-state index contributed by atoms with van der Waals surface area (Å²) < 4.78 is 25.4. The van der Waals surface area contributed by atoms with Crippen LogP contribution in [0.4, 0.5) is 5.69 Å². The van der Waals surface area contributed by atoms with Gasteiger partial charge < -0.3 is 14.6 Å². The molecule has 1 fully saturated rings. The van der Waals surface area contributed by atoms with Crippen LogP contribution in [0.3, 0.4) is 0 Å². The summed E-state index contributed by atoms with van der Waals surface area (Å²) in [5, 5.41) is 4.02. The highest BCUT2D eigenvalue weighted by Gasteiger charge is 2.21. The Morgan fingerprint density at radius 1 is 1.00 bits per heavy atom. The third-order valence-corrected chi connectivity index (χ3v) is 7.02. The van der Waals surface area contributed by atoms with Crippen LogP contribution in [0.2, 0.25) is 0 Å². The van der Waals surface area contributed by atoms with E-state index in [9.17, 15) is 13.2 Å². The standard InChI is InChI=1S/C22H28N4O4S/c1-18(19-9-11-21(12-10-19)31(28,29)24(2)3)23-30-17-22(27)26-15-13-25(14-16-26)20-7-5-4-6-8-20/h4-12H,13-17H2,1-3H3/b23-18+. The van der Waals surface area contributed by atoms with Gasteiger partial charge in [-0.05, 0) is 36.8 Å². The maximum Gasteiger partial charge on any atom is 0.263 e. The predicted octanol–water partition coefficient (Wildman–Crippen LogP) is 2.03. The fourth-order valence-corrected chi connectivity index (χ4v) is 4.16. The van der Waals surface area contributed by atoms with Gasteiger partial charge in [0, 0.05) is 46.0 Å². The van der Waals surface area contributed by atoms with Gasteiger partial charge in [-0.3, -0.25) is 4.79 Å². The summed E-state index contributed by atoms with van der Waals surface area (Å²) in [5.74, 6) is -0.100. The molecule has 0 aliphatic carbocycles. The summed E-state index contributed by atoms with van der Waals surface area (Å²) in [7, 11) is -0.496. The normalized spacial score (nSPS) is 15.3. The van der Waals surface area contributed by atoms with Gasteiger partial charge in [-0.15, -0.1) is 0 Å². The minimum Gasteiger partial charge on any atom is -0.385 e. The molecular weight excluding hydrogens is 416 g/mol. The zero-order chi connectivity index (χ0) is 22.4. The molecule has 0 saturated carbocycles. The van der Waals surface area contributed by atoms with Crippen molar-refractivity contribution in [2.45, 2.75) is 11.8 Å². The Bertz CT molecular complexity index is 1010. The number of oxime groups is 1. The maximum absolute atomic E-state index is 12.4. The smallest absolute Gasteiger partial charge is 0.263 e. The first-order valence-electron chi connectivity index (χ1n) is 10.1. The van der Waals surface area contributed by atoms with E-state index in [-0.39, 0.29) is 17.4 Å². The van der Waals surface area contributed by atoms with E-state index < -0.39 is 10.0 Å². The number of piperazine rings is 1. The Kier molecular flexibility index (Phi) is 7.29. The van der Waals surface area contributed by atoms with E-state index in [1.807, 2.05) is 18.2 Å². The quantitative estimate of drug-likeness (QED) is 0.482. The van der Waals surface area contributed by atoms with E-state index in [0.29, 0.717) is 18.8 Å². The number of anilines is 1. The molecule has 0 radical (unpaired) electrons. The molecular formula is C22H28N4O4S. The molecule has 166 valence electrons. The van der Waals surface area contributed by atoms with E-state index in [1.165, 1.54) is 26.2 Å². The molecule has 0 bridgehead atoms. The molecule has 0 N–H and O–H groups in total. The van der Waals surface area contributed by atoms with Gasteiger partial charge in [0.15, 0.2) is 6.61 Å². The number of rotatable bonds is 7. The Labute approximate surface area is 183 Å². The zero-order valence-corrected chi connectivity index (χ0v) is 18.9. The third kappa shape index (κ3) is 5.62. The Morgan fingerprint density at radius 3 is 2.19 bits per heavy atom. The van der Waals surface area contributed by atoms with E-state index in [0.717, 1.165) is 28.6 Å². The fourth-order valence-electron chi connectivity index (χ4n) is 3.26. The molecule has 9 heteroatoms. The predicted molar refractivity (Wildman–Crippen MR) is 121 cm³/mol. The van der Waals surface area contributed by atoms with Crippen LogP contribution in [0.5, 0.6) is 0 Å². The van der Waals surface area contributed by atoms with Gasteiger partial charge >= 0.3 is 0 Å². The minimum atomic E-state index is -3.47. The van der Waals surface area contributed by atoms with Crippen molar-refractivity contribution < 1.29 is 18.0 Å². The first-order valence-corrected chi connectivity index (χ1v) is 11.5. The number of sulfonamides is 1. The second kappa shape index (κ2) is 9.93. The van der Waals surface area contributed by atoms with E-state index in [2.05, 4.69) is 22.2 Å². The van der Waals surface area contributed by atoms with Gasteiger partial charge in [-0.1, -0.05) is 35.5 Å². The summed E-state index contributed by atoms with van der Waals surface area (Å²) in [6.45, 7) is 4.46. The van der Waals surface area contributed by atoms with Crippen molar-refractivity contribution in [2.24, 2.45) is 5.16 Å². The highest BCUT2D eigenvalue weighted by Crippen LogP contribution is 2.16. The van der Waals surface area contributed by atoms with Crippen molar-refractivity contribution in [3.05, 3.63) is 60.2 Å². The van der Waals surface area contributed by atoms with E-state index >= 15 is 0 Å². The molecule has 1 saturated heterocycles. The van der Waals surface area contributed by atoms with Crippen molar-refractivity contribution in [1.29, 1.82) is 0 Å². The van der Waals surface area contributed by atoms with Crippen LogP contribution in [0.15, 0.2) is 64.6 Å². The van der Waals surface area contributed by atoms with Crippen molar-refractivity contribution in [3.8, 4) is 0 Å². The summed E-state index contributed by atoms with van der Waals surface area (Å²) in [4.78, 5) is 21.9. The zero-order valence-electron chi connectivity index (χ0n) is 18.1. The molecule has 0 atom stereocenters. The molecule has 0 unspecified atom stereocenters. The molecule has 0 aromatic heterocycles. The van der Waals surface area contributed by atoms with Crippen molar-refractivity contribution in [3.63, 3.8) is 0 Å². The highest BCUT2D eigenvalue weighted by atomic mass is 32.2. The van der Waals surface area contributed by atoms with E-state index in [4.69, 9.17) is 4.84 Å². The molecule has 1 heterocycles. The Balaban J connectivity index is 1.49. The van der Waals surface area contributed by atoms with Gasteiger partial charge in [0.25, 0.3) is 5.91 Å². The van der Waals surface area contributed by atoms with Crippen LogP contribution in [0.25, 0.3) is 0 Å². The van der Waals surface area contributed by atoms with Gasteiger partial charge in [0.05, 0.1) is 10.6 Å². The number of para-hydroxylation sites is 1. The number of carbonyl (C=O) groups is 1. The lowest BCUT2D eigenvalue weighted by Crippen LogP contribution is -2.49. The van der Waals surface area contributed by atoms with Crippen LogP contribution in [0, 0.1) is 0 Å².